The molecule has 5 nitrogen and oxygen atoms in total. The molecule has 0 aromatic heterocycles. The number of anilines is 3. The predicted molar refractivity (Wildman–Crippen MR) is 113 cm³/mol. The van der Waals surface area contributed by atoms with Crippen LogP contribution in [0.15, 0.2) is 47.4 Å². The van der Waals surface area contributed by atoms with E-state index in [1.807, 2.05) is 36.4 Å². The average molecular weight is 384 g/mol. The average Bonchev–Trinajstić information content (AvgIpc) is 2.68. The van der Waals surface area contributed by atoms with Gasteiger partial charge in [-0.25, -0.2) is 0 Å². The van der Waals surface area contributed by atoms with E-state index in [9.17, 15) is 9.59 Å². The summed E-state index contributed by atoms with van der Waals surface area (Å²) in [6, 6.07) is 13.3. The third kappa shape index (κ3) is 4.83. The van der Waals surface area contributed by atoms with Gasteiger partial charge in [-0.05, 0) is 55.8 Å². The van der Waals surface area contributed by atoms with Gasteiger partial charge in [-0.2, -0.15) is 0 Å². The standard InChI is InChI=1S/C21H25N3O2S/c1-3-5-12-24(4-2)17-9-6-15(7-10-17)21(26)22-16-8-11-19-18(13-16)23-20(25)14-27-19/h6-11,13H,3-5,12,14H2,1-2H3,(H,22,26)(H,23,25). The molecule has 0 unspecified atom stereocenters. The van der Waals surface area contributed by atoms with Crippen molar-refractivity contribution in [2.45, 2.75) is 31.6 Å². The van der Waals surface area contributed by atoms with E-state index in [4.69, 9.17) is 0 Å². The lowest BCUT2D eigenvalue weighted by Gasteiger charge is -2.23. The number of rotatable bonds is 7. The normalized spacial score (nSPS) is 12.9. The van der Waals surface area contributed by atoms with Gasteiger partial charge in [-0.3, -0.25) is 9.59 Å². The molecule has 2 aromatic carbocycles. The lowest BCUT2D eigenvalue weighted by atomic mass is 10.1. The van der Waals surface area contributed by atoms with Crippen molar-refractivity contribution in [3.8, 4) is 0 Å². The van der Waals surface area contributed by atoms with Gasteiger partial charge < -0.3 is 15.5 Å². The van der Waals surface area contributed by atoms with Crippen LogP contribution in [-0.2, 0) is 4.79 Å². The number of amides is 2. The van der Waals surface area contributed by atoms with Gasteiger partial charge in [0.1, 0.15) is 0 Å². The highest BCUT2D eigenvalue weighted by Gasteiger charge is 2.16. The molecule has 0 atom stereocenters. The van der Waals surface area contributed by atoms with Crippen LogP contribution < -0.4 is 15.5 Å². The van der Waals surface area contributed by atoms with Crippen molar-refractivity contribution in [1.82, 2.24) is 0 Å². The van der Waals surface area contributed by atoms with Crippen LogP contribution in [0, 0.1) is 0 Å². The lowest BCUT2D eigenvalue weighted by Crippen LogP contribution is -2.23. The molecule has 0 fully saturated rings. The summed E-state index contributed by atoms with van der Waals surface area (Å²) in [5.74, 6) is 0.251. The molecular formula is C21H25N3O2S. The van der Waals surface area contributed by atoms with Crippen LogP contribution in [0.2, 0.25) is 0 Å². The number of benzene rings is 2. The molecule has 6 heteroatoms. The van der Waals surface area contributed by atoms with Crippen LogP contribution in [0.4, 0.5) is 17.1 Å². The number of hydrogen-bond acceptors (Lipinski definition) is 4. The summed E-state index contributed by atoms with van der Waals surface area (Å²) in [5, 5.41) is 5.75. The minimum Gasteiger partial charge on any atom is -0.372 e. The van der Waals surface area contributed by atoms with E-state index in [0.717, 1.165) is 42.2 Å². The number of hydrogen-bond donors (Lipinski definition) is 2. The second-order valence-corrected chi connectivity index (χ2v) is 7.50. The quantitative estimate of drug-likeness (QED) is 0.733. The van der Waals surface area contributed by atoms with Crippen molar-refractivity contribution in [3.63, 3.8) is 0 Å². The lowest BCUT2D eigenvalue weighted by molar-refractivity contribution is -0.113. The molecule has 2 aromatic rings. The van der Waals surface area contributed by atoms with Gasteiger partial charge >= 0.3 is 0 Å². The zero-order valence-electron chi connectivity index (χ0n) is 15.7. The highest BCUT2D eigenvalue weighted by molar-refractivity contribution is 8.00. The molecule has 0 aliphatic carbocycles. The van der Waals surface area contributed by atoms with Crippen LogP contribution in [0.3, 0.4) is 0 Å². The molecule has 0 radical (unpaired) electrons. The van der Waals surface area contributed by atoms with E-state index in [1.165, 1.54) is 11.8 Å². The number of carbonyl (C=O) groups excluding carboxylic acids is 2. The first kappa shape index (κ1) is 19.3. The van der Waals surface area contributed by atoms with Crippen molar-refractivity contribution in [2.75, 3.05) is 34.4 Å². The SMILES string of the molecule is CCCCN(CC)c1ccc(C(=O)Nc2ccc3c(c2)NC(=O)CS3)cc1. The van der Waals surface area contributed by atoms with Crippen LogP contribution in [0.1, 0.15) is 37.0 Å². The molecule has 2 amide bonds. The Balaban J connectivity index is 1.67. The van der Waals surface area contributed by atoms with E-state index in [1.54, 1.807) is 6.07 Å². The van der Waals surface area contributed by atoms with Crippen LogP contribution >= 0.6 is 11.8 Å². The second kappa shape index (κ2) is 8.95. The Labute approximate surface area is 164 Å². The molecular weight excluding hydrogens is 358 g/mol. The van der Waals surface area contributed by atoms with E-state index in [2.05, 4.69) is 29.4 Å². The van der Waals surface area contributed by atoms with Crippen LogP contribution in [0.25, 0.3) is 0 Å². The molecule has 1 aliphatic heterocycles. The Bertz CT molecular complexity index is 821. The highest BCUT2D eigenvalue weighted by atomic mass is 32.2. The maximum Gasteiger partial charge on any atom is 0.255 e. The van der Waals surface area contributed by atoms with E-state index < -0.39 is 0 Å². The van der Waals surface area contributed by atoms with E-state index in [-0.39, 0.29) is 11.8 Å². The van der Waals surface area contributed by atoms with Crippen LogP contribution in [-0.4, -0.2) is 30.7 Å². The van der Waals surface area contributed by atoms with Crippen molar-refractivity contribution in [1.29, 1.82) is 0 Å². The van der Waals surface area contributed by atoms with Crippen LogP contribution in [0.5, 0.6) is 0 Å². The highest BCUT2D eigenvalue weighted by Crippen LogP contribution is 2.33. The summed E-state index contributed by atoms with van der Waals surface area (Å²) in [4.78, 5) is 27.4. The second-order valence-electron chi connectivity index (χ2n) is 6.48. The van der Waals surface area contributed by atoms with Gasteiger partial charge in [0, 0.05) is 34.9 Å². The zero-order valence-corrected chi connectivity index (χ0v) is 16.6. The number of nitrogens with one attached hydrogen (secondary N) is 2. The third-order valence-electron chi connectivity index (χ3n) is 4.53. The van der Waals surface area contributed by atoms with Gasteiger partial charge in [0.25, 0.3) is 5.91 Å². The summed E-state index contributed by atoms with van der Waals surface area (Å²) in [7, 11) is 0. The third-order valence-corrected chi connectivity index (χ3v) is 5.60. The van der Waals surface area contributed by atoms with Crippen molar-refractivity contribution >= 4 is 40.6 Å². The Morgan fingerprint density at radius 3 is 2.67 bits per heavy atom. The summed E-state index contributed by atoms with van der Waals surface area (Å²) in [6.07, 6.45) is 2.32. The smallest absolute Gasteiger partial charge is 0.255 e. The predicted octanol–water partition coefficient (Wildman–Crippen LogP) is 4.61. The first-order valence-electron chi connectivity index (χ1n) is 9.33. The fraction of sp³-hybridized carbons (Fsp3) is 0.333. The molecule has 1 heterocycles. The van der Waals surface area contributed by atoms with Gasteiger partial charge in [-0.15, -0.1) is 11.8 Å². The van der Waals surface area contributed by atoms with Gasteiger partial charge in [0.05, 0.1) is 11.4 Å². The van der Waals surface area contributed by atoms with Gasteiger partial charge in [0.15, 0.2) is 0 Å². The molecule has 142 valence electrons. The molecule has 3 rings (SSSR count). The fourth-order valence-electron chi connectivity index (χ4n) is 3.01. The summed E-state index contributed by atoms with van der Waals surface area (Å²) >= 11 is 1.50. The minimum absolute atomic E-state index is 0.0184. The molecule has 2 N–H and O–H groups in total. The fourth-order valence-corrected chi connectivity index (χ4v) is 3.80. The number of thioether (sulfide) groups is 1. The topological polar surface area (TPSA) is 61.4 Å². The van der Waals surface area contributed by atoms with Crippen molar-refractivity contribution in [2.24, 2.45) is 0 Å². The largest absolute Gasteiger partial charge is 0.372 e. The number of fused-ring (bicyclic) bond motifs is 1. The van der Waals surface area contributed by atoms with Gasteiger partial charge in [-0.1, -0.05) is 13.3 Å². The van der Waals surface area contributed by atoms with Crippen molar-refractivity contribution in [3.05, 3.63) is 48.0 Å². The summed E-state index contributed by atoms with van der Waals surface area (Å²) in [6.45, 7) is 6.30. The minimum atomic E-state index is -0.159. The molecule has 27 heavy (non-hydrogen) atoms. The number of unbranched alkanes of at least 4 members (excludes halogenated alkanes) is 1. The van der Waals surface area contributed by atoms with Gasteiger partial charge in [0.2, 0.25) is 5.91 Å². The monoisotopic (exact) mass is 383 g/mol. The van der Waals surface area contributed by atoms with Crippen molar-refractivity contribution < 1.29 is 9.59 Å². The maximum absolute atomic E-state index is 12.6. The first-order valence-corrected chi connectivity index (χ1v) is 10.3. The molecule has 0 spiro atoms. The summed E-state index contributed by atoms with van der Waals surface area (Å²) < 4.78 is 0. The molecule has 0 bridgehead atoms. The Morgan fingerprint density at radius 1 is 1.19 bits per heavy atom. The maximum atomic E-state index is 12.6. The molecule has 0 saturated heterocycles. The Kier molecular flexibility index (Phi) is 6.40. The van der Waals surface area contributed by atoms with E-state index >= 15 is 0 Å². The first-order chi connectivity index (χ1) is 13.1. The zero-order chi connectivity index (χ0) is 19.2. The Hall–Kier alpha value is -2.47. The Morgan fingerprint density at radius 2 is 1.96 bits per heavy atom. The molecule has 1 aliphatic rings. The summed E-state index contributed by atoms with van der Waals surface area (Å²) in [5.41, 5.74) is 3.17. The number of nitrogens with zero attached hydrogens (tertiary/aromatic N) is 1. The van der Waals surface area contributed by atoms with E-state index in [0.29, 0.717) is 17.0 Å². The molecule has 0 saturated carbocycles. The number of carbonyl (C=O) groups is 2.